The molecule has 0 saturated carbocycles. The molecule has 0 spiro atoms. The molecular formula is C11H15BrO3. The van der Waals surface area contributed by atoms with Crippen molar-refractivity contribution >= 4 is 15.9 Å². The Kier molecular flexibility index (Phi) is 4.13. The third-order valence-electron chi connectivity index (χ3n) is 2.40. The van der Waals surface area contributed by atoms with E-state index < -0.39 is 12.2 Å². The molecule has 2 unspecified atom stereocenters. The lowest BCUT2D eigenvalue weighted by Gasteiger charge is -2.20. The van der Waals surface area contributed by atoms with Crippen molar-refractivity contribution in [3.63, 3.8) is 0 Å². The van der Waals surface area contributed by atoms with Gasteiger partial charge in [-0.25, -0.2) is 0 Å². The average Bonchev–Trinajstić information content (AvgIpc) is 2.14. The van der Waals surface area contributed by atoms with Crippen LogP contribution in [-0.4, -0.2) is 26.8 Å². The van der Waals surface area contributed by atoms with Crippen LogP contribution in [0.1, 0.15) is 22.8 Å². The Morgan fingerprint density at radius 1 is 1.20 bits per heavy atom. The molecule has 3 nitrogen and oxygen atoms in total. The predicted molar refractivity (Wildman–Crippen MR) is 62.3 cm³/mol. The molecule has 0 heterocycles. The van der Waals surface area contributed by atoms with Gasteiger partial charge in [0.1, 0.15) is 11.9 Å². The van der Waals surface area contributed by atoms with Gasteiger partial charge in [-0.15, -0.1) is 0 Å². The summed E-state index contributed by atoms with van der Waals surface area (Å²) in [5.41, 5.74) is 2.24. The van der Waals surface area contributed by atoms with E-state index in [2.05, 4.69) is 15.9 Å². The standard InChI is InChI=1S/C11H15BrO3/c1-6-3-8(13)4-7(2)10(6)11(15)9(14)5-12/h3-4,9,11,13-15H,5H2,1-2H3. The van der Waals surface area contributed by atoms with Crippen molar-refractivity contribution in [2.75, 3.05) is 5.33 Å². The second-order valence-corrected chi connectivity index (χ2v) is 4.31. The van der Waals surface area contributed by atoms with Gasteiger partial charge in [0, 0.05) is 5.33 Å². The summed E-state index contributed by atoms with van der Waals surface area (Å²) >= 11 is 3.12. The van der Waals surface area contributed by atoms with Gasteiger partial charge in [0.25, 0.3) is 0 Å². The average molecular weight is 275 g/mol. The molecule has 3 N–H and O–H groups in total. The molecule has 15 heavy (non-hydrogen) atoms. The van der Waals surface area contributed by atoms with Crippen LogP contribution < -0.4 is 0 Å². The molecule has 1 aromatic rings. The normalized spacial score (nSPS) is 15.0. The summed E-state index contributed by atoms with van der Waals surface area (Å²) in [6.45, 7) is 3.60. The van der Waals surface area contributed by atoms with E-state index in [0.717, 1.165) is 11.1 Å². The Morgan fingerprint density at radius 2 is 1.67 bits per heavy atom. The van der Waals surface area contributed by atoms with Crippen molar-refractivity contribution in [2.24, 2.45) is 0 Å². The fourth-order valence-electron chi connectivity index (χ4n) is 1.70. The van der Waals surface area contributed by atoms with Crippen molar-refractivity contribution in [1.82, 2.24) is 0 Å². The molecule has 4 heteroatoms. The van der Waals surface area contributed by atoms with Gasteiger partial charge in [-0.1, -0.05) is 15.9 Å². The van der Waals surface area contributed by atoms with Crippen LogP contribution in [0.25, 0.3) is 0 Å². The highest BCUT2D eigenvalue weighted by molar-refractivity contribution is 9.09. The summed E-state index contributed by atoms with van der Waals surface area (Å²) in [4.78, 5) is 0. The second-order valence-electron chi connectivity index (χ2n) is 3.66. The van der Waals surface area contributed by atoms with E-state index in [9.17, 15) is 15.3 Å². The fourth-order valence-corrected chi connectivity index (χ4v) is 2.05. The lowest BCUT2D eigenvalue weighted by atomic mass is 9.95. The van der Waals surface area contributed by atoms with Crippen molar-refractivity contribution < 1.29 is 15.3 Å². The first-order chi connectivity index (χ1) is 6.97. The molecule has 0 aliphatic carbocycles. The van der Waals surface area contributed by atoms with Gasteiger partial charge in [0.05, 0.1) is 6.10 Å². The van der Waals surface area contributed by atoms with Gasteiger partial charge in [0.2, 0.25) is 0 Å². The van der Waals surface area contributed by atoms with Crippen LogP contribution in [0, 0.1) is 13.8 Å². The Balaban J connectivity index is 3.13. The van der Waals surface area contributed by atoms with Gasteiger partial charge in [-0.2, -0.15) is 0 Å². The van der Waals surface area contributed by atoms with Gasteiger partial charge < -0.3 is 15.3 Å². The largest absolute Gasteiger partial charge is 0.508 e. The highest BCUT2D eigenvalue weighted by Gasteiger charge is 2.21. The number of aryl methyl sites for hydroxylation is 2. The molecule has 2 atom stereocenters. The van der Waals surface area contributed by atoms with Crippen LogP contribution in [0.5, 0.6) is 5.75 Å². The first-order valence-electron chi connectivity index (χ1n) is 4.69. The van der Waals surface area contributed by atoms with Crippen molar-refractivity contribution in [3.8, 4) is 5.75 Å². The highest BCUT2D eigenvalue weighted by Crippen LogP contribution is 2.28. The van der Waals surface area contributed by atoms with E-state index in [-0.39, 0.29) is 5.75 Å². The molecule has 0 bridgehead atoms. The maximum atomic E-state index is 9.88. The second kappa shape index (κ2) is 4.96. The van der Waals surface area contributed by atoms with Crippen LogP contribution in [0.15, 0.2) is 12.1 Å². The number of hydrogen-bond donors (Lipinski definition) is 3. The summed E-state index contributed by atoms with van der Waals surface area (Å²) in [5, 5.41) is 29.1. The summed E-state index contributed by atoms with van der Waals surface area (Å²) in [6, 6.07) is 3.15. The Morgan fingerprint density at radius 3 is 2.07 bits per heavy atom. The van der Waals surface area contributed by atoms with E-state index in [1.807, 2.05) is 0 Å². The first kappa shape index (κ1) is 12.5. The zero-order valence-corrected chi connectivity index (χ0v) is 10.3. The lowest BCUT2D eigenvalue weighted by Crippen LogP contribution is -2.21. The van der Waals surface area contributed by atoms with Crippen LogP contribution in [0.4, 0.5) is 0 Å². The summed E-state index contributed by atoms with van der Waals surface area (Å²) in [5.74, 6) is 0.175. The number of aliphatic hydroxyl groups is 2. The minimum absolute atomic E-state index is 0.175. The maximum absolute atomic E-state index is 9.88. The maximum Gasteiger partial charge on any atom is 0.116 e. The number of aromatic hydroxyl groups is 1. The quantitative estimate of drug-likeness (QED) is 0.737. The van der Waals surface area contributed by atoms with Gasteiger partial charge in [-0.3, -0.25) is 0 Å². The molecule has 0 aromatic heterocycles. The molecular weight excluding hydrogens is 260 g/mol. The van der Waals surface area contributed by atoms with Gasteiger partial charge in [0.15, 0.2) is 0 Å². The van der Waals surface area contributed by atoms with Crippen LogP contribution in [0.2, 0.25) is 0 Å². The molecule has 84 valence electrons. The number of hydrogen-bond acceptors (Lipinski definition) is 3. The third kappa shape index (κ3) is 2.71. The number of phenolic OH excluding ortho intramolecular Hbond substituents is 1. The summed E-state index contributed by atoms with van der Waals surface area (Å²) in [6.07, 6.45) is -1.77. The summed E-state index contributed by atoms with van der Waals surface area (Å²) < 4.78 is 0. The number of rotatable bonds is 3. The Bertz CT molecular complexity index is 329. The SMILES string of the molecule is Cc1cc(O)cc(C)c1C(O)C(O)CBr. The zero-order valence-electron chi connectivity index (χ0n) is 8.74. The molecule has 1 rings (SSSR count). The minimum Gasteiger partial charge on any atom is -0.508 e. The van der Waals surface area contributed by atoms with Crippen LogP contribution >= 0.6 is 15.9 Å². The molecule has 0 amide bonds. The first-order valence-corrected chi connectivity index (χ1v) is 5.81. The monoisotopic (exact) mass is 274 g/mol. The molecule has 0 aliphatic heterocycles. The van der Waals surface area contributed by atoms with Gasteiger partial charge >= 0.3 is 0 Å². The van der Waals surface area contributed by atoms with E-state index >= 15 is 0 Å². The highest BCUT2D eigenvalue weighted by atomic mass is 79.9. The molecule has 1 aromatic carbocycles. The lowest BCUT2D eigenvalue weighted by molar-refractivity contribution is 0.0334. The fraction of sp³-hybridized carbons (Fsp3) is 0.455. The van der Waals surface area contributed by atoms with E-state index in [1.165, 1.54) is 0 Å². The number of aliphatic hydroxyl groups excluding tert-OH is 2. The van der Waals surface area contributed by atoms with Gasteiger partial charge in [-0.05, 0) is 42.7 Å². The minimum atomic E-state index is -0.926. The van der Waals surface area contributed by atoms with Crippen molar-refractivity contribution in [3.05, 3.63) is 28.8 Å². The van der Waals surface area contributed by atoms with Crippen molar-refractivity contribution in [1.29, 1.82) is 0 Å². The molecule has 0 radical (unpaired) electrons. The topological polar surface area (TPSA) is 60.7 Å². The van der Waals surface area contributed by atoms with E-state index in [4.69, 9.17) is 0 Å². The smallest absolute Gasteiger partial charge is 0.116 e. The predicted octanol–water partition coefficient (Wildman–Crippen LogP) is 1.80. The third-order valence-corrected chi connectivity index (χ3v) is 3.06. The van der Waals surface area contributed by atoms with E-state index in [0.29, 0.717) is 10.9 Å². The number of benzene rings is 1. The van der Waals surface area contributed by atoms with Crippen LogP contribution in [0.3, 0.4) is 0 Å². The van der Waals surface area contributed by atoms with E-state index in [1.54, 1.807) is 26.0 Å². The molecule has 0 aliphatic rings. The Hall–Kier alpha value is -0.580. The molecule has 0 saturated heterocycles. The summed E-state index contributed by atoms with van der Waals surface area (Å²) in [7, 11) is 0. The van der Waals surface area contributed by atoms with Crippen LogP contribution in [-0.2, 0) is 0 Å². The zero-order chi connectivity index (χ0) is 11.6. The number of phenols is 1. The number of alkyl halides is 1. The molecule has 0 fully saturated rings. The Labute approximate surface area is 97.5 Å². The van der Waals surface area contributed by atoms with Crippen molar-refractivity contribution in [2.45, 2.75) is 26.1 Å². The number of halogens is 1.